The second-order valence-electron chi connectivity index (χ2n) is 7.71. The fourth-order valence-corrected chi connectivity index (χ4v) is 5.01. The van der Waals surface area contributed by atoms with Gasteiger partial charge in [0.05, 0.1) is 34.8 Å². The van der Waals surface area contributed by atoms with Gasteiger partial charge in [0, 0.05) is 27.9 Å². The van der Waals surface area contributed by atoms with Gasteiger partial charge in [-0.15, -0.1) is 11.3 Å². The molecule has 0 spiro atoms. The first-order valence-electron chi connectivity index (χ1n) is 10.3. The van der Waals surface area contributed by atoms with Crippen LogP contribution < -0.4 is 5.32 Å². The summed E-state index contributed by atoms with van der Waals surface area (Å²) in [5.41, 5.74) is 2.42. The lowest BCUT2D eigenvalue weighted by molar-refractivity contribution is -0.137. The van der Waals surface area contributed by atoms with E-state index in [-0.39, 0.29) is 19.1 Å². The molecule has 0 atom stereocenters. The van der Waals surface area contributed by atoms with E-state index in [0.29, 0.717) is 28.9 Å². The summed E-state index contributed by atoms with van der Waals surface area (Å²) in [6.45, 7) is 3.57. The Morgan fingerprint density at radius 2 is 1.91 bits per heavy atom. The fourth-order valence-electron chi connectivity index (χ4n) is 3.89. The number of aryl methyl sites for hydroxylation is 1. The van der Waals surface area contributed by atoms with Crippen molar-refractivity contribution in [1.29, 1.82) is 0 Å². The molecule has 2 aromatic carbocycles. The number of halogens is 3. The minimum absolute atomic E-state index is 0.152. The van der Waals surface area contributed by atoms with Crippen molar-refractivity contribution in [2.45, 2.75) is 26.4 Å². The average molecular weight is 474 g/mol. The molecule has 0 aliphatic rings. The molecule has 4 rings (SSSR count). The van der Waals surface area contributed by atoms with E-state index in [1.807, 2.05) is 31.2 Å². The van der Waals surface area contributed by atoms with E-state index in [1.165, 1.54) is 23.5 Å². The quantitative estimate of drug-likeness (QED) is 0.413. The van der Waals surface area contributed by atoms with Crippen LogP contribution in [0.2, 0.25) is 0 Å². The van der Waals surface area contributed by atoms with Crippen LogP contribution in [-0.2, 0) is 12.6 Å². The van der Waals surface area contributed by atoms with Crippen molar-refractivity contribution < 1.29 is 23.1 Å². The van der Waals surface area contributed by atoms with Gasteiger partial charge >= 0.3 is 6.18 Å². The van der Waals surface area contributed by atoms with E-state index in [0.717, 1.165) is 26.7 Å². The number of aliphatic hydroxyl groups is 1. The molecule has 2 aromatic heterocycles. The van der Waals surface area contributed by atoms with Gasteiger partial charge < -0.3 is 10.4 Å². The van der Waals surface area contributed by atoms with Crippen LogP contribution >= 0.6 is 11.3 Å². The van der Waals surface area contributed by atoms with Gasteiger partial charge in [0.25, 0.3) is 5.91 Å². The average Bonchev–Trinajstić information content (AvgIpc) is 3.31. The predicted octanol–water partition coefficient (Wildman–Crippen LogP) is 5.04. The number of thiophene rings is 1. The van der Waals surface area contributed by atoms with Gasteiger partial charge in [-0.1, -0.05) is 24.3 Å². The highest BCUT2D eigenvalue weighted by Crippen LogP contribution is 2.34. The van der Waals surface area contributed by atoms with Crippen LogP contribution in [-0.4, -0.2) is 33.9 Å². The summed E-state index contributed by atoms with van der Waals surface area (Å²) in [6.07, 6.45) is -3.99. The Kier molecular flexibility index (Phi) is 6.27. The third-order valence-corrected chi connectivity index (χ3v) is 6.47. The number of carbonyl (C=O) groups excluding carboxylic acids is 1. The van der Waals surface area contributed by atoms with E-state index >= 15 is 0 Å². The number of amides is 1. The summed E-state index contributed by atoms with van der Waals surface area (Å²) in [7, 11) is 0. The highest BCUT2D eigenvalue weighted by atomic mass is 32.1. The zero-order chi connectivity index (χ0) is 23.8. The largest absolute Gasteiger partial charge is 0.416 e. The first-order valence-corrected chi connectivity index (χ1v) is 11.1. The molecule has 0 unspecified atom stereocenters. The lowest BCUT2D eigenvalue weighted by Crippen LogP contribution is -2.27. The monoisotopic (exact) mass is 473 g/mol. The molecular weight excluding hydrogens is 451 g/mol. The highest BCUT2D eigenvalue weighted by molar-refractivity contribution is 7.19. The van der Waals surface area contributed by atoms with Crippen molar-refractivity contribution >= 4 is 27.3 Å². The fraction of sp³-hybridized carbons (Fsp3) is 0.250. The maximum Gasteiger partial charge on any atom is 0.416 e. The summed E-state index contributed by atoms with van der Waals surface area (Å²) < 4.78 is 41.9. The third kappa shape index (κ3) is 4.65. The molecule has 2 N–H and O–H groups in total. The predicted molar refractivity (Wildman–Crippen MR) is 122 cm³/mol. The lowest BCUT2D eigenvalue weighted by Gasteiger charge is -2.08. The first kappa shape index (κ1) is 23.0. The summed E-state index contributed by atoms with van der Waals surface area (Å²) in [5, 5.41) is 17.1. The molecule has 2 heterocycles. The van der Waals surface area contributed by atoms with Gasteiger partial charge in [0.1, 0.15) is 0 Å². The first-order chi connectivity index (χ1) is 15.7. The van der Waals surface area contributed by atoms with E-state index < -0.39 is 11.7 Å². The van der Waals surface area contributed by atoms with E-state index in [9.17, 15) is 18.0 Å². The van der Waals surface area contributed by atoms with E-state index in [1.54, 1.807) is 17.7 Å². The Balaban J connectivity index is 1.70. The van der Waals surface area contributed by atoms with E-state index in [4.69, 9.17) is 5.11 Å². The second kappa shape index (κ2) is 8.99. The van der Waals surface area contributed by atoms with Gasteiger partial charge in [-0.05, 0) is 43.7 Å². The highest BCUT2D eigenvalue weighted by Gasteiger charge is 2.30. The van der Waals surface area contributed by atoms with Crippen molar-refractivity contribution in [2.75, 3.05) is 13.2 Å². The number of fused-ring (bicyclic) bond motifs is 1. The molecule has 0 aliphatic heterocycles. The maximum atomic E-state index is 13.1. The van der Waals surface area contributed by atoms with Gasteiger partial charge in [0.15, 0.2) is 0 Å². The Hall–Kier alpha value is -3.17. The third-order valence-electron chi connectivity index (χ3n) is 5.37. The number of hydrogen-bond donors (Lipinski definition) is 2. The Morgan fingerprint density at radius 1 is 1.15 bits per heavy atom. The van der Waals surface area contributed by atoms with Gasteiger partial charge in [0.2, 0.25) is 0 Å². The Labute approximate surface area is 192 Å². The molecule has 0 aliphatic carbocycles. The van der Waals surface area contributed by atoms with Crippen LogP contribution in [0, 0.1) is 13.8 Å². The molecule has 1 amide bonds. The van der Waals surface area contributed by atoms with Crippen LogP contribution in [0.5, 0.6) is 0 Å². The summed E-state index contributed by atoms with van der Waals surface area (Å²) in [5.74, 6) is -0.298. The van der Waals surface area contributed by atoms with Crippen molar-refractivity contribution in [3.8, 4) is 5.69 Å². The molecule has 172 valence electrons. The molecule has 0 fully saturated rings. The number of aliphatic hydroxyl groups excluding tert-OH is 1. The molecular formula is C24H22F3N3O2S. The smallest absolute Gasteiger partial charge is 0.395 e. The second-order valence-corrected chi connectivity index (χ2v) is 8.88. The van der Waals surface area contributed by atoms with Crippen LogP contribution in [0.4, 0.5) is 13.2 Å². The standard InChI is InChI=1S/C24H22F3N3O2S/c1-14-22(23(32)28-9-10-31)15(2)30(29-14)20-7-4-8-21-19(20)13-18(33-21)12-16-5-3-6-17(11-16)24(25,26)27/h3-8,11,13,31H,9-10,12H2,1-2H3,(H,28,32). The number of hydrogen-bond acceptors (Lipinski definition) is 4. The van der Waals surface area contributed by atoms with Crippen LogP contribution in [0.25, 0.3) is 15.8 Å². The van der Waals surface area contributed by atoms with Gasteiger partial charge in [-0.2, -0.15) is 18.3 Å². The SMILES string of the molecule is Cc1nn(-c2cccc3sc(Cc4cccc(C(F)(F)F)c4)cc23)c(C)c1C(=O)NCCO. The molecule has 9 heteroatoms. The molecule has 4 aromatic rings. The number of aromatic nitrogens is 2. The van der Waals surface area contributed by atoms with Crippen molar-refractivity contribution in [3.05, 3.63) is 81.5 Å². The summed E-state index contributed by atoms with van der Waals surface area (Å²) in [4.78, 5) is 13.4. The minimum atomic E-state index is -4.38. The van der Waals surface area contributed by atoms with Crippen molar-refractivity contribution in [2.24, 2.45) is 0 Å². The molecule has 0 saturated heterocycles. The Bertz CT molecular complexity index is 1320. The van der Waals surface area contributed by atoms with Crippen molar-refractivity contribution in [1.82, 2.24) is 15.1 Å². The van der Waals surface area contributed by atoms with E-state index in [2.05, 4.69) is 10.4 Å². The Morgan fingerprint density at radius 3 is 2.64 bits per heavy atom. The molecule has 5 nitrogen and oxygen atoms in total. The van der Waals surface area contributed by atoms with Gasteiger partial charge in [-0.25, -0.2) is 4.68 Å². The van der Waals surface area contributed by atoms with Crippen molar-refractivity contribution in [3.63, 3.8) is 0 Å². The normalized spacial score (nSPS) is 11.8. The molecule has 0 radical (unpaired) electrons. The summed E-state index contributed by atoms with van der Waals surface area (Å²) in [6, 6.07) is 13.1. The minimum Gasteiger partial charge on any atom is -0.395 e. The maximum absolute atomic E-state index is 13.1. The number of nitrogens with one attached hydrogen (secondary N) is 1. The van der Waals surface area contributed by atoms with Crippen LogP contribution in [0.3, 0.4) is 0 Å². The number of alkyl halides is 3. The summed E-state index contributed by atoms with van der Waals surface area (Å²) >= 11 is 1.52. The van der Waals surface area contributed by atoms with Gasteiger partial charge in [-0.3, -0.25) is 4.79 Å². The molecule has 0 saturated carbocycles. The zero-order valence-electron chi connectivity index (χ0n) is 18.0. The number of benzene rings is 2. The molecule has 33 heavy (non-hydrogen) atoms. The van der Waals surface area contributed by atoms with Crippen LogP contribution in [0.15, 0.2) is 48.5 Å². The van der Waals surface area contributed by atoms with Crippen LogP contribution in [0.1, 0.15) is 37.7 Å². The zero-order valence-corrected chi connectivity index (χ0v) is 18.8. The lowest BCUT2D eigenvalue weighted by atomic mass is 10.1. The topological polar surface area (TPSA) is 67.2 Å². The molecule has 0 bridgehead atoms. The number of nitrogens with zero attached hydrogens (tertiary/aromatic N) is 2. The number of carbonyl (C=O) groups is 1. The number of rotatable bonds is 6.